The monoisotopic (exact) mass is 352 g/mol. The van der Waals surface area contributed by atoms with Gasteiger partial charge in [0.25, 0.3) is 0 Å². The number of thioether (sulfide) groups is 1. The van der Waals surface area contributed by atoms with E-state index in [4.69, 9.17) is 0 Å². The summed E-state index contributed by atoms with van der Waals surface area (Å²) in [7, 11) is 0. The maximum atomic E-state index is 12.8. The fourth-order valence-corrected chi connectivity index (χ4v) is 3.57. The van der Waals surface area contributed by atoms with Gasteiger partial charge in [0.15, 0.2) is 0 Å². The summed E-state index contributed by atoms with van der Waals surface area (Å²) in [6, 6.07) is 6.31. The highest BCUT2D eigenvalue weighted by atomic mass is 32.2. The molecule has 0 unspecified atom stereocenters. The topological polar surface area (TPSA) is 49.4 Å². The molecule has 0 radical (unpaired) electrons. The van der Waals surface area contributed by atoms with Gasteiger partial charge in [0.1, 0.15) is 5.82 Å². The summed E-state index contributed by atoms with van der Waals surface area (Å²) in [5.74, 6) is 0.727. The lowest BCUT2D eigenvalue weighted by atomic mass is 9.95. The molecular formula is C18H25FN2O2S. The Morgan fingerprint density at radius 3 is 2.54 bits per heavy atom. The molecule has 1 heterocycles. The number of benzene rings is 1. The highest BCUT2D eigenvalue weighted by Crippen LogP contribution is 2.21. The minimum absolute atomic E-state index is 0.0363. The predicted octanol–water partition coefficient (Wildman–Crippen LogP) is 3.07. The zero-order valence-corrected chi connectivity index (χ0v) is 14.9. The van der Waals surface area contributed by atoms with Gasteiger partial charge in [0.2, 0.25) is 11.8 Å². The van der Waals surface area contributed by atoms with Crippen LogP contribution < -0.4 is 5.32 Å². The summed E-state index contributed by atoms with van der Waals surface area (Å²) in [6.45, 7) is 4.07. The SMILES string of the molecule is CCCNC(=O)C1CCN(C(=O)CCSc2ccc(F)cc2)CC1. The van der Waals surface area contributed by atoms with E-state index in [1.54, 1.807) is 23.9 Å². The molecule has 0 aliphatic carbocycles. The molecule has 4 nitrogen and oxygen atoms in total. The standard InChI is InChI=1S/C18H25FN2O2S/c1-2-10-20-18(23)14-7-11-21(12-8-14)17(22)9-13-24-16-5-3-15(19)4-6-16/h3-6,14H,2,7-13H2,1H3,(H,20,23). The Balaban J connectivity index is 1.67. The number of carbonyl (C=O) groups excluding carboxylic acids is 2. The molecule has 0 aromatic heterocycles. The van der Waals surface area contributed by atoms with Crippen molar-refractivity contribution in [3.8, 4) is 0 Å². The van der Waals surface area contributed by atoms with E-state index < -0.39 is 0 Å². The first-order chi connectivity index (χ1) is 11.6. The molecule has 2 amide bonds. The molecule has 0 atom stereocenters. The van der Waals surface area contributed by atoms with Crippen molar-refractivity contribution in [2.45, 2.75) is 37.5 Å². The third-order valence-electron chi connectivity index (χ3n) is 4.17. The summed E-state index contributed by atoms with van der Waals surface area (Å²) in [4.78, 5) is 27.0. The second-order valence-corrected chi connectivity index (χ2v) is 7.17. The van der Waals surface area contributed by atoms with Crippen molar-refractivity contribution >= 4 is 23.6 Å². The highest BCUT2D eigenvalue weighted by Gasteiger charge is 2.26. The molecule has 1 fully saturated rings. The van der Waals surface area contributed by atoms with Crippen molar-refractivity contribution in [2.24, 2.45) is 5.92 Å². The summed E-state index contributed by atoms with van der Waals surface area (Å²) in [5, 5.41) is 2.93. The van der Waals surface area contributed by atoms with Gasteiger partial charge in [-0.1, -0.05) is 6.92 Å². The van der Waals surface area contributed by atoms with Crippen LogP contribution in [0.25, 0.3) is 0 Å². The van der Waals surface area contributed by atoms with Crippen LogP contribution in [-0.4, -0.2) is 42.1 Å². The van der Waals surface area contributed by atoms with Gasteiger partial charge in [0.05, 0.1) is 0 Å². The van der Waals surface area contributed by atoms with Gasteiger partial charge >= 0.3 is 0 Å². The Morgan fingerprint density at radius 1 is 1.25 bits per heavy atom. The first-order valence-corrected chi connectivity index (χ1v) is 9.52. The molecule has 1 aromatic carbocycles. The fourth-order valence-electron chi connectivity index (χ4n) is 2.73. The van der Waals surface area contributed by atoms with Crippen LogP contribution in [0.15, 0.2) is 29.2 Å². The normalized spacial score (nSPS) is 15.3. The summed E-state index contributed by atoms with van der Waals surface area (Å²) in [6.07, 6.45) is 2.89. The van der Waals surface area contributed by atoms with Crippen LogP contribution in [0.3, 0.4) is 0 Å². The first kappa shape index (κ1) is 18.8. The van der Waals surface area contributed by atoms with Crippen molar-refractivity contribution < 1.29 is 14.0 Å². The molecule has 0 bridgehead atoms. The maximum absolute atomic E-state index is 12.8. The molecule has 0 spiro atoms. The van der Waals surface area contributed by atoms with Gasteiger partial charge in [0, 0.05) is 42.6 Å². The van der Waals surface area contributed by atoms with Crippen LogP contribution in [0.4, 0.5) is 4.39 Å². The van der Waals surface area contributed by atoms with Crippen LogP contribution in [0, 0.1) is 11.7 Å². The zero-order valence-electron chi connectivity index (χ0n) is 14.1. The van der Waals surface area contributed by atoms with E-state index in [1.807, 2.05) is 11.8 Å². The van der Waals surface area contributed by atoms with Crippen molar-refractivity contribution in [1.29, 1.82) is 0 Å². The fraction of sp³-hybridized carbons (Fsp3) is 0.556. The number of likely N-dealkylation sites (tertiary alicyclic amines) is 1. The Labute approximate surface area is 147 Å². The molecule has 24 heavy (non-hydrogen) atoms. The summed E-state index contributed by atoms with van der Waals surface area (Å²) >= 11 is 1.56. The second kappa shape index (κ2) is 9.67. The first-order valence-electron chi connectivity index (χ1n) is 8.54. The highest BCUT2D eigenvalue weighted by molar-refractivity contribution is 7.99. The lowest BCUT2D eigenvalue weighted by Gasteiger charge is -2.31. The van der Waals surface area contributed by atoms with Gasteiger partial charge in [-0.3, -0.25) is 9.59 Å². The molecule has 1 saturated heterocycles. The van der Waals surface area contributed by atoms with Gasteiger partial charge < -0.3 is 10.2 Å². The van der Waals surface area contributed by atoms with Crippen LogP contribution in [-0.2, 0) is 9.59 Å². The van der Waals surface area contributed by atoms with Crippen molar-refractivity contribution in [3.05, 3.63) is 30.1 Å². The van der Waals surface area contributed by atoms with Crippen LogP contribution >= 0.6 is 11.8 Å². The lowest BCUT2D eigenvalue weighted by Crippen LogP contribution is -2.43. The summed E-state index contributed by atoms with van der Waals surface area (Å²) < 4.78 is 12.8. The molecule has 0 saturated carbocycles. The van der Waals surface area contributed by atoms with E-state index in [0.717, 1.165) is 30.7 Å². The Morgan fingerprint density at radius 2 is 1.92 bits per heavy atom. The number of nitrogens with one attached hydrogen (secondary N) is 1. The Bertz CT molecular complexity index is 542. The number of hydrogen-bond acceptors (Lipinski definition) is 3. The second-order valence-electron chi connectivity index (χ2n) is 6.00. The number of nitrogens with zero attached hydrogens (tertiary/aromatic N) is 1. The molecule has 6 heteroatoms. The van der Waals surface area contributed by atoms with E-state index in [1.165, 1.54) is 12.1 Å². The predicted molar refractivity (Wildman–Crippen MR) is 94.3 cm³/mol. The van der Waals surface area contributed by atoms with Gasteiger partial charge in [-0.15, -0.1) is 11.8 Å². The van der Waals surface area contributed by atoms with Crippen LogP contribution in [0.2, 0.25) is 0 Å². The van der Waals surface area contributed by atoms with E-state index >= 15 is 0 Å². The molecular weight excluding hydrogens is 327 g/mol. The molecule has 1 aliphatic heterocycles. The largest absolute Gasteiger partial charge is 0.356 e. The number of carbonyl (C=O) groups is 2. The number of halogens is 1. The molecule has 132 valence electrons. The summed E-state index contributed by atoms with van der Waals surface area (Å²) in [5.41, 5.74) is 0. The van der Waals surface area contributed by atoms with Crippen molar-refractivity contribution in [3.63, 3.8) is 0 Å². The van der Waals surface area contributed by atoms with E-state index in [9.17, 15) is 14.0 Å². The maximum Gasteiger partial charge on any atom is 0.223 e. The number of hydrogen-bond donors (Lipinski definition) is 1. The van der Waals surface area contributed by atoms with Gasteiger partial charge in [-0.05, 0) is 43.5 Å². The third-order valence-corrected chi connectivity index (χ3v) is 5.18. The lowest BCUT2D eigenvalue weighted by molar-refractivity contribution is -0.135. The smallest absolute Gasteiger partial charge is 0.223 e. The van der Waals surface area contributed by atoms with Gasteiger partial charge in [-0.2, -0.15) is 0 Å². The van der Waals surface area contributed by atoms with Crippen LogP contribution in [0.1, 0.15) is 32.6 Å². The average Bonchev–Trinajstić information content (AvgIpc) is 2.61. The quantitative estimate of drug-likeness (QED) is 0.767. The van der Waals surface area contributed by atoms with E-state index in [-0.39, 0.29) is 23.5 Å². The molecule has 1 N–H and O–H groups in total. The van der Waals surface area contributed by atoms with Crippen molar-refractivity contribution in [1.82, 2.24) is 10.2 Å². The van der Waals surface area contributed by atoms with Gasteiger partial charge in [-0.25, -0.2) is 4.39 Å². The number of rotatable bonds is 7. The number of amides is 2. The Kier molecular flexibility index (Phi) is 7.56. The van der Waals surface area contributed by atoms with Crippen molar-refractivity contribution in [2.75, 3.05) is 25.4 Å². The van der Waals surface area contributed by atoms with Crippen LogP contribution in [0.5, 0.6) is 0 Å². The number of piperidine rings is 1. The molecule has 1 aromatic rings. The Hall–Kier alpha value is -1.56. The molecule has 2 rings (SSSR count). The zero-order chi connectivity index (χ0) is 17.4. The minimum atomic E-state index is -0.249. The molecule has 1 aliphatic rings. The van der Waals surface area contributed by atoms with E-state index in [0.29, 0.717) is 25.3 Å². The third kappa shape index (κ3) is 5.82. The minimum Gasteiger partial charge on any atom is -0.356 e. The average molecular weight is 352 g/mol. The van der Waals surface area contributed by atoms with E-state index in [2.05, 4.69) is 5.32 Å².